The second-order valence-corrected chi connectivity index (χ2v) is 9.41. The van der Waals surface area contributed by atoms with Gasteiger partial charge in [-0.1, -0.05) is 25.0 Å². The van der Waals surface area contributed by atoms with Gasteiger partial charge in [-0.25, -0.2) is 4.98 Å². The fourth-order valence-corrected chi connectivity index (χ4v) is 5.20. The molecule has 164 valence electrons. The molecule has 0 bridgehead atoms. The summed E-state index contributed by atoms with van der Waals surface area (Å²) in [5.41, 5.74) is 2.74. The van der Waals surface area contributed by atoms with Crippen LogP contribution < -0.4 is 10.2 Å². The van der Waals surface area contributed by atoms with Crippen LogP contribution in [-0.4, -0.2) is 47.0 Å². The zero-order valence-electron chi connectivity index (χ0n) is 17.8. The number of fused-ring (bicyclic) bond motifs is 1. The van der Waals surface area contributed by atoms with Crippen molar-refractivity contribution in [1.29, 1.82) is 0 Å². The lowest BCUT2D eigenvalue weighted by Crippen LogP contribution is -2.38. The van der Waals surface area contributed by atoms with E-state index in [0.29, 0.717) is 6.01 Å². The lowest BCUT2D eigenvalue weighted by atomic mass is 9.96. The van der Waals surface area contributed by atoms with Crippen LogP contribution >= 0.6 is 11.3 Å². The largest absolute Gasteiger partial charge is 0.423 e. The van der Waals surface area contributed by atoms with Crippen LogP contribution in [-0.2, 0) is 11.3 Å². The highest BCUT2D eigenvalue weighted by Crippen LogP contribution is 2.27. The first-order chi connectivity index (χ1) is 15.2. The summed E-state index contributed by atoms with van der Waals surface area (Å²) >= 11 is 1.53. The molecule has 0 saturated carbocycles. The molecule has 0 aliphatic carbocycles. The van der Waals surface area contributed by atoms with Crippen molar-refractivity contribution in [3.8, 4) is 0 Å². The molecule has 31 heavy (non-hydrogen) atoms. The second-order valence-electron chi connectivity index (χ2n) is 8.55. The molecule has 0 unspecified atom stereocenters. The quantitative estimate of drug-likeness (QED) is 0.630. The number of amides is 1. The van der Waals surface area contributed by atoms with Crippen LogP contribution in [0.25, 0.3) is 11.1 Å². The zero-order valence-corrected chi connectivity index (χ0v) is 18.6. The van der Waals surface area contributed by atoms with E-state index in [1.54, 1.807) is 0 Å². The predicted octanol–water partition coefficient (Wildman–Crippen LogP) is 4.52. The molecule has 1 amide bonds. The molecule has 0 atom stereocenters. The third kappa shape index (κ3) is 4.91. The van der Waals surface area contributed by atoms with Gasteiger partial charge in [0.15, 0.2) is 10.7 Å². The number of anilines is 2. The van der Waals surface area contributed by atoms with Gasteiger partial charge in [0.05, 0.1) is 5.69 Å². The Morgan fingerprint density at radius 2 is 1.84 bits per heavy atom. The number of para-hydroxylation sites is 2. The summed E-state index contributed by atoms with van der Waals surface area (Å²) in [7, 11) is 0. The fraction of sp³-hybridized carbons (Fsp3) is 0.522. The van der Waals surface area contributed by atoms with Gasteiger partial charge in [-0.15, -0.1) is 11.3 Å². The maximum atomic E-state index is 12.8. The number of carbonyl (C=O) groups is 1. The number of likely N-dealkylation sites (tertiary alicyclic amines) is 1. The molecule has 0 spiro atoms. The van der Waals surface area contributed by atoms with E-state index in [0.717, 1.165) is 67.5 Å². The smallest absolute Gasteiger partial charge is 0.298 e. The number of aromatic nitrogens is 2. The molecule has 2 aromatic heterocycles. The average Bonchev–Trinajstić information content (AvgIpc) is 3.34. The van der Waals surface area contributed by atoms with Crippen molar-refractivity contribution in [1.82, 2.24) is 14.9 Å². The number of rotatable bonds is 5. The first-order valence-electron chi connectivity index (χ1n) is 11.3. The minimum Gasteiger partial charge on any atom is -0.423 e. The number of nitrogens with zero attached hydrogens (tertiary/aromatic N) is 4. The SMILES string of the molecule is O=C(Nc1nc(CN2CCCCCC2)cs1)C1CCN(c2nc3ccccc3o2)CC1. The number of benzene rings is 1. The highest BCUT2D eigenvalue weighted by atomic mass is 32.1. The van der Waals surface area contributed by atoms with E-state index in [1.165, 1.54) is 37.0 Å². The van der Waals surface area contributed by atoms with Crippen LogP contribution in [0.1, 0.15) is 44.2 Å². The maximum Gasteiger partial charge on any atom is 0.298 e. The average molecular weight is 440 g/mol. The summed E-state index contributed by atoms with van der Waals surface area (Å²) in [6.07, 6.45) is 6.79. The van der Waals surface area contributed by atoms with Crippen molar-refractivity contribution in [2.24, 2.45) is 5.92 Å². The van der Waals surface area contributed by atoms with Crippen LogP contribution in [0.5, 0.6) is 0 Å². The lowest BCUT2D eigenvalue weighted by molar-refractivity contribution is -0.120. The van der Waals surface area contributed by atoms with E-state index in [-0.39, 0.29) is 11.8 Å². The van der Waals surface area contributed by atoms with E-state index in [4.69, 9.17) is 4.42 Å². The molecular weight excluding hydrogens is 410 g/mol. The van der Waals surface area contributed by atoms with E-state index in [1.807, 2.05) is 24.3 Å². The van der Waals surface area contributed by atoms with Crippen molar-refractivity contribution in [2.45, 2.75) is 45.1 Å². The van der Waals surface area contributed by atoms with Crippen LogP contribution in [0.4, 0.5) is 11.1 Å². The number of oxazole rings is 1. The van der Waals surface area contributed by atoms with Crippen molar-refractivity contribution in [2.75, 3.05) is 36.4 Å². The minimum atomic E-state index is -0.00131. The number of thiazole rings is 1. The van der Waals surface area contributed by atoms with E-state index in [9.17, 15) is 4.79 Å². The lowest BCUT2D eigenvalue weighted by Gasteiger charge is -2.29. The molecule has 1 aromatic carbocycles. The molecule has 2 fully saturated rings. The van der Waals surface area contributed by atoms with Crippen LogP contribution in [0, 0.1) is 5.92 Å². The Kier molecular flexibility index (Phi) is 6.18. The summed E-state index contributed by atoms with van der Waals surface area (Å²) in [5.74, 6) is 0.0754. The van der Waals surface area contributed by atoms with Gasteiger partial charge < -0.3 is 14.6 Å². The number of piperidine rings is 1. The van der Waals surface area contributed by atoms with Crippen molar-refractivity contribution >= 4 is 39.5 Å². The third-order valence-electron chi connectivity index (χ3n) is 6.29. The van der Waals surface area contributed by atoms with Crippen molar-refractivity contribution in [3.05, 3.63) is 35.3 Å². The maximum absolute atomic E-state index is 12.8. The number of carbonyl (C=O) groups excluding carboxylic acids is 1. The van der Waals surface area contributed by atoms with Gasteiger partial charge in [0.2, 0.25) is 5.91 Å². The van der Waals surface area contributed by atoms with E-state index >= 15 is 0 Å². The Labute approximate surface area is 186 Å². The highest BCUT2D eigenvalue weighted by Gasteiger charge is 2.27. The van der Waals surface area contributed by atoms with Crippen molar-refractivity contribution in [3.63, 3.8) is 0 Å². The number of nitrogens with one attached hydrogen (secondary N) is 1. The molecule has 1 N–H and O–H groups in total. The van der Waals surface area contributed by atoms with Gasteiger partial charge in [0.25, 0.3) is 6.01 Å². The van der Waals surface area contributed by atoms with Gasteiger partial charge in [-0.2, -0.15) is 4.98 Å². The molecular formula is C23H29N5O2S. The van der Waals surface area contributed by atoms with Gasteiger partial charge >= 0.3 is 0 Å². The fourth-order valence-electron chi connectivity index (χ4n) is 4.50. The molecule has 0 radical (unpaired) electrons. The summed E-state index contributed by atoms with van der Waals surface area (Å²) in [6, 6.07) is 8.45. The predicted molar refractivity (Wildman–Crippen MR) is 123 cm³/mol. The van der Waals surface area contributed by atoms with Gasteiger partial charge in [0.1, 0.15) is 5.52 Å². The van der Waals surface area contributed by atoms with E-state index in [2.05, 4.69) is 30.5 Å². The molecule has 2 aliphatic rings. The molecule has 4 heterocycles. The summed E-state index contributed by atoms with van der Waals surface area (Å²) in [4.78, 5) is 26.6. The van der Waals surface area contributed by atoms with Crippen LogP contribution in [0.15, 0.2) is 34.1 Å². The first-order valence-corrected chi connectivity index (χ1v) is 12.2. The second kappa shape index (κ2) is 9.36. The topological polar surface area (TPSA) is 74.5 Å². The molecule has 3 aromatic rings. The third-order valence-corrected chi connectivity index (χ3v) is 7.09. The molecule has 2 saturated heterocycles. The van der Waals surface area contributed by atoms with Gasteiger partial charge in [0, 0.05) is 30.9 Å². The monoisotopic (exact) mass is 439 g/mol. The first kappa shape index (κ1) is 20.5. The van der Waals surface area contributed by atoms with E-state index < -0.39 is 0 Å². The Morgan fingerprint density at radius 3 is 2.61 bits per heavy atom. The summed E-state index contributed by atoms with van der Waals surface area (Å²) in [5, 5.41) is 5.85. The molecule has 8 heteroatoms. The van der Waals surface area contributed by atoms with Gasteiger partial charge in [-0.05, 0) is 50.9 Å². The van der Waals surface area contributed by atoms with Crippen LogP contribution in [0.3, 0.4) is 0 Å². The summed E-state index contributed by atoms with van der Waals surface area (Å²) in [6.45, 7) is 4.72. The number of hydrogen-bond acceptors (Lipinski definition) is 7. The minimum absolute atomic E-state index is 0.00131. The highest BCUT2D eigenvalue weighted by molar-refractivity contribution is 7.13. The zero-order chi connectivity index (χ0) is 21.0. The summed E-state index contributed by atoms with van der Waals surface area (Å²) < 4.78 is 5.87. The molecule has 5 rings (SSSR count). The number of hydrogen-bond donors (Lipinski definition) is 1. The van der Waals surface area contributed by atoms with Crippen molar-refractivity contribution < 1.29 is 9.21 Å². The van der Waals surface area contributed by atoms with Gasteiger partial charge in [-0.3, -0.25) is 9.69 Å². The standard InChI is InChI=1S/C23H29N5O2S/c29-21(26-22-24-18(16-31-22)15-27-11-5-1-2-6-12-27)17-9-13-28(14-10-17)23-25-19-7-3-4-8-20(19)30-23/h3-4,7-8,16-17H,1-2,5-6,9-15H2,(H,24,26,29). The Hall–Kier alpha value is -2.45. The Balaban J connectivity index is 1.13. The Bertz CT molecular complexity index is 983. The Morgan fingerprint density at radius 1 is 1.06 bits per heavy atom. The normalized spacial score (nSPS) is 18.9. The molecule has 2 aliphatic heterocycles. The molecule has 7 nitrogen and oxygen atoms in total. The van der Waals surface area contributed by atoms with Crippen LogP contribution in [0.2, 0.25) is 0 Å².